The normalized spacial score (nSPS) is 11.5. The number of para-hydroxylation sites is 2. The van der Waals surface area contributed by atoms with Gasteiger partial charge in [-0.05, 0) is 12.1 Å². The first-order valence-electron chi connectivity index (χ1n) is 4.14. The van der Waals surface area contributed by atoms with Gasteiger partial charge < -0.3 is 4.42 Å². The highest BCUT2D eigenvalue weighted by molar-refractivity contribution is 7.99. The summed E-state index contributed by atoms with van der Waals surface area (Å²) in [5.74, 6) is 0.774. The second-order valence-electron chi connectivity index (χ2n) is 2.62. The van der Waals surface area contributed by atoms with E-state index in [-0.39, 0.29) is 0 Å². The van der Waals surface area contributed by atoms with Gasteiger partial charge in [0.05, 0.1) is 0 Å². The van der Waals surface area contributed by atoms with E-state index in [4.69, 9.17) is 16.0 Å². The van der Waals surface area contributed by atoms with Gasteiger partial charge in [0.2, 0.25) is 0 Å². The Morgan fingerprint density at radius 1 is 1.43 bits per heavy atom. The molecule has 4 heteroatoms. The van der Waals surface area contributed by atoms with Crippen molar-refractivity contribution in [2.45, 2.75) is 5.22 Å². The summed E-state index contributed by atoms with van der Waals surface area (Å²) in [6.45, 7) is 0. The summed E-state index contributed by atoms with van der Waals surface area (Å²) in [6.07, 6.45) is 1.85. The van der Waals surface area contributed by atoms with E-state index in [1.807, 2.05) is 30.3 Å². The number of fused-ring (bicyclic) bond motifs is 1. The summed E-state index contributed by atoms with van der Waals surface area (Å²) in [5, 5.41) is 0.681. The largest absolute Gasteiger partial charge is 0.431 e. The van der Waals surface area contributed by atoms with Crippen molar-refractivity contribution in [2.75, 3.05) is 5.75 Å². The van der Waals surface area contributed by atoms with Crippen molar-refractivity contribution in [1.29, 1.82) is 0 Å². The van der Waals surface area contributed by atoms with Crippen LogP contribution in [0.2, 0.25) is 0 Å². The van der Waals surface area contributed by atoms with Crippen molar-refractivity contribution in [1.82, 2.24) is 4.98 Å². The summed E-state index contributed by atoms with van der Waals surface area (Å²) < 4.78 is 5.49. The van der Waals surface area contributed by atoms with Gasteiger partial charge in [0.1, 0.15) is 5.52 Å². The average Bonchev–Trinajstić information content (AvgIpc) is 2.60. The van der Waals surface area contributed by atoms with E-state index in [2.05, 4.69) is 4.98 Å². The van der Waals surface area contributed by atoms with E-state index in [1.165, 1.54) is 17.3 Å². The minimum Gasteiger partial charge on any atom is -0.431 e. The van der Waals surface area contributed by atoms with Crippen LogP contribution >= 0.6 is 23.4 Å². The highest BCUT2D eigenvalue weighted by Gasteiger charge is 2.03. The molecule has 0 amide bonds. The van der Waals surface area contributed by atoms with Crippen LogP contribution < -0.4 is 0 Å². The minimum atomic E-state index is 0.681. The number of hydrogen-bond acceptors (Lipinski definition) is 3. The zero-order valence-electron chi connectivity index (χ0n) is 7.31. The molecule has 72 valence electrons. The van der Waals surface area contributed by atoms with E-state index in [9.17, 15) is 0 Å². The number of benzene rings is 1. The summed E-state index contributed by atoms with van der Waals surface area (Å²) in [5.41, 5.74) is 3.21. The predicted molar refractivity (Wildman–Crippen MR) is 59.7 cm³/mol. The molecule has 0 fully saturated rings. The zero-order chi connectivity index (χ0) is 9.80. The maximum absolute atomic E-state index is 5.49. The Kier molecular flexibility index (Phi) is 3.11. The van der Waals surface area contributed by atoms with Crippen molar-refractivity contribution in [3.63, 3.8) is 0 Å². The smallest absolute Gasteiger partial charge is 0.257 e. The van der Waals surface area contributed by atoms with Crippen molar-refractivity contribution in [2.24, 2.45) is 0 Å². The molecule has 2 nitrogen and oxygen atoms in total. The van der Waals surface area contributed by atoms with Crippen LogP contribution in [0.25, 0.3) is 11.1 Å². The van der Waals surface area contributed by atoms with E-state index in [0.717, 1.165) is 16.9 Å². The molecule has 0 N–H and O–H groups in total. The highest BCUT2D eigenvalue weighted by atomic mass is 35.5. The molecule has 14 heavy (non-hydrogen) atoms. The van der Waals surface area contributed by atoms with Gasteiger partial charge in [-0.1, -0.05) is 41.6 Å². The highest BCUT2D eigenvalue weighted by Crippen LogP contribution is 2.22. The molecule has 0 aliphatic heterocycles. The maximum atomic E-state index is 5.49. The van der Waals surface area contributed by atoms with Crippen molar-refractivity contribution >= 4 is 34.5 Å². The van der Waals surface area contributed by atoms with Crippen LogP contribution in [-0.4, -0.2) is 10.7 Å². The number of rotatable bonds is 3. The fourth-order valence-corrected chi connectivity index (χ4v) is 1.91. The lowest BCUT2D eigenvalue weighted by Gasteiger charge is -1.86. The molecule has 1 heterocycles. The number of oxazole rings is 1. The molecule has 0 aliphatic carbocycles. The van der Waals surface area contributed by atoms with Crippen LogP contribution in [0.5, 0.6) is 0 Å². The molecule has 2 rings (SSSR count). The molecule has 0 atom stereocenters. The SMILES string of the molecule is Cl/C=C/CSc1nc2ccccc2o1. The van der Waals surface area contributed by atoms with Crippen LogP contribution in [0.3, 0.4) is 0 Å². The molecule has 2 aromatic rings. The molecule has 1 aromatic carbocycles. The molecule has 1 aromatic heterocycles. The van der Waals surface area contributed by atoms with Gasteiger partial charge in [-0.2, -0.15) is 0 Å². The summed E-state index contributed by atoms with van der Waals surface area (Å²) in [4.78, 5) is 4.30. The van der Waals surface area contributed by atoms with Crippen LogP contribution in [0.1, 0.15) is 0 Å². The Balaban J connectivity index is 2.18. The first-order chi connectivity index (χ1) is 6.90. The Labute approximate surface area is 91.0 Å². The summed E-state index contributed by atoms with van der Waals surface area (Å²) in [7, 11) is 0. The Morgan fingerprint density at radius 2 is 2.29 bits per heavy atom. The molecule has 0 spiro atoms. The van der Waals surface area contributed by atoms with Gasteiger partial charge in [0.25, 0.3) is 5.22 Å². The lowest BCUT2D eigenvalue weighted by molar-refractivity contribution is 0.490. The summed E-state index contributed by atoms with van der Waals surface area (Å²) >= 11 is 6.92. The van der Waals surface area contributed by atoms with Crippen LogP contribution in [0.4, 0.5) is 0 Å². The molecule has 0 saturated heterocycles. The van der Waals surface area contributed by atoms with Gasteiger partial charge in [0.15, 0.2) is 5.58 Å². The standard InChI is InChI=1S/C10H8ClNOS/c11-6-3-7-14-10-12-8-4-1-2-5-9(8)13-10/h1-6H,7H2/b6-3+. The Morgan fingerprint density at radius 3 is 3.07 bits per heavy atom. The molecular formula is C10H8ClNOS. The monoisotopic (exact) mass is 225 g/mol. The van der Waals surface area contributed by atoms with Crippen LogP contribution in [0, 0.1) is 0 Å². The van der Waals surface area contributed by atoms with Crippen LogP contribution in [-0.2, 0) is 0 Å². The van der Waals surface area contributed by atoms with Crippen LogP contribution in [0.15, 0.2) is 45.5 Å². The Hall–Kier alpha value is -0.930. The third-order valence-corrected chi connectivity index (χ3v) is 2.63. The molecule has 0 aliphatic rings. The third-order valence-electron chi connectivity index (χ3n) is 1.67. The van der Waals surface area contributed by atoms with E-state index < -0.39 is 0 Å². The van der Waals surface area contributed by atoms with Crippen molar-refractivity contribution < 1.29 is 4.42 Å². The van der Waals surface area contributed by atoms with E-state index in [1.54, 1.807) is 0 Å². The topological polar surface area (TPSA) is 26.0 Å². The lowest BCUT2D eigenvalue weighted by Crippen LogP contribution is -1.71. The van der Waals surface area contributed by atoms with E-state index >= 15 is 0 Å². The minimum absolute atomic E-state index is 0.681. The zero-order valence-corrected chi connectivity index (χ0v) is 8.89. The molecule has 0 saturated carbocycles. The average molecular weight is 226 g/mol. The van der Waals surface area contributed by atoms with Gasteiger partial charge in [-0.15, -0.1) is 0 Å². The molecule has 0 radical (unpaired) electrons. The molecule has 0 unspecified atom stereocenters. The number of hydrogen-bond donors (Lipinski definition) is 0. The quantitative estimate of drug-likeness (QED) is 0.746. The van der Waals surface area contributed by atoms with Gasteiger partial charge in [-0.25, -0.2) is 4.98 Å². The number of aromatic nitrogens is 1. The lowest BCUT2D eigenvalue weighted by atomic mass is 10.3. The second kappa shape index (κ2) is 4.53. The first kappa shape index (κ1) is 9.62. The second-order valence-corrected chi connectivity index (χ2v) is 3.84. The number of thioether (sulfide) groups is 1. The Bertz CT molecular complexity index is 419. The summed E-state index contributed by atoms with van der Waals surface area (Å²) in [6, 6.07) is 7.71. The molecular weight excluding hydrogens is 218 g/mol. The number of halogens is 1. The maximum Gasteiger partial charge on any atom is 0.257 e. The van der Waals surface area contributed by atoms with Crippen molar-refractivity contribution in [3.8, 4) is 0 Å². The van der Waals surface area contributed by atoms with E-state index in [0.29, 0.717) is 5.22 Å². The van der Waals surface area contributed by atoms with Crippen molar-refractivity contribution in [3.05, 3.63) is 35.9 Å². The first-order valence-corrected chi connectivity index (χ1v) is 5.56. The fourth-order valence-electron chi connectivity index (χ4n) is 1.07. The third kappa shape index (κ3) is 2.11. The number of nitrogens with zero attached hydrogens (tertiary/aromatic N) is 1. The molecule has 0 bridgehead atoms. The van der Waals surface area contributed by atoms with Gasteiger partial charge >= 0.3 is 0 Å². The van der Waals surface area contributed by atoms with Gasteiger partial charge in [-0.3, -0.25) is 0 Å². The fraction of sp³-hybridized carbons (Fsp3) is 0.100. The predicted octanol–water partition coefficient (Wildman–Crippen LogP) is 3.67. The van der Waals surface area contributed by atoms with Gasteiger partial charge in [0, 0.05) is 11.3 Å².